The van der Waals surface area contributed by atoms with Crippen molar-refractivity contribution in [3.8, 4) is 11.5 Å². The van der Waals surface area contributed by atoms with Crippen LogP contribution in [-0.2, 0) is 6.54 Å². The quantitative estimate of drug-likeness (QED) is 0.873. The largest absolute Gasteiger partial charge is 0.504 e. The maximum atomic E-state index is 9.85. The summed E-state index contributed by atoms with van der Waals surface area (Å²) in [6, 6.07) is 6.42. The van der Waals surface area contributed by atoms with Crippen LogP contribution in [0.1, 0.15) is 12.0 Å². The van der Waals surface area contributed by atoms with Gasteiger partial charge in [0.2, 0.25) is 0 Å². The van der Waals surface area contributed by atoms with E-state index in [1.54, 1.807) is 7.11 Å². The Morgan fingerprint density at radius 3 is 2.64 bits per heavy atom. The Balaban J connectivity index is 0.00000176. The van der Waals surface area contributed by atoms with Crippen molar-refractivity contribution in [2.45, 2.75) is 19.0 Å². The van der Waals surface area contributed by atoms with Gasteiger partial charge in [0.25, 0.3) is 0 Å². The van der Waals surface area contributed by atoms with Gasteiger partial charge < -0.3 is 15.2 Å². The van der Waals surface area contributed by atoms with E-state index in [9.17, 15) is 5.11 Å². The Morgan fingerprint density at radius 2 is 2.05 bits per heavy atom. The molecule has 0 aliphatic carbocycles. The maximum absolute atomic E-state index is 9.85. The standard InChI is InChI=1S/C16H25N3O2.ClH/c1-21-16-3-2-13(10-15(16)20)12-18-6-8-19(9-7-18)14-4-5-17-11-14;/h2-3,10,14,17,20H,4-9,11-12H2,1H3;1H. The summed E-state index contributed by atoms with van der Waals surface area (Å²) in [6.45, 7) is 7.70. The number of hydrogen-bond acceptors (Lipinski definition) is 5. The van der Waals surface area contributed by atoms with Crippen molar-refractivity contribution in [2.24, 2.45) is 0 Å². The predicted octanol–water partition coefficient (Wildman–Crippen LogP) is 1.30. The highest BCUT2D eigenvalue weighted by Crippen LogP contribution is 2.27. The number of phenols is 1. The Kier molecular flexibility index (Phi) is 6.32. The number of aromatic hydroxyl groups is 1. The lowest BCUT2D eigenvalue weighted by atomic mass is 10.1. The highest BCUT2D eigenvalue weighted by molar-refractivity contribution is 5.85. The summed E-state index contributed by atoms with van der Waals surface area (Å²) in [5.74, 6) is 0.767. The van der Waals surface area contributed by atoms with Gasteiger partial charge in [-0.15, -0.1) is 12.4 Å². The first kappa shape index (κ1) is 17.3. The molecule has 1 atom stereocenters. The maximum Gasteiger partial charge on any atom is 0.160 e. The molecule has 2 heterocycles. The molecule has 0 radical (unpaired) electrons. The predicted molar refractivity (Wildman–Crippen MR) is 90.0 cm³/mol. The van der Waals surface area contributed by atoms with Crippen LogP contribution in [0.2, 0.25) is 0 Å². The zero-order chi connectivity index (χ0) is 14.7. The Bertz CT molecular complexity index is 472. The minimum absolute atomic E-state index is 0. The molecule has 3 rings (SSSR count). The van der Waals surface area contributed by atoms with E-state index in [2.05, 4.69) is 15.1 Å². The van der Waals surface area contributed by atoms with Gasteiger partial charge in [-0.25, -0.2) is 0 Å². The molecular formula is C16H26ClN3O2. The molecule has 2 aliphatic heterocycles. The second-order valence-corrected chi connectivity index (χ2v) is 5.96. The van der Waals surface area contributed by atoms with Crippen molar-refractivity contribution in [3.05, 3.63) is 23.8 Å². The van der Waals surface area contributed by atoms with Gasteiger partial charge in [0, 0.05) is 45.3 Å². The Labute approximate surface area is 138 Å². The minimum Gasteiger partial charge on any atom is -0.504 e. The lowest BCUT2D eigenvalue weighted by Crippen LogP contribution is -2.50. The average Bonchev–Trinajstić information content (AvgIpc) is 3.02. The fourth-order valence-electron chi connectivity index (χ4n) is 3.33. The van der Waals surface area contributed by atoms with Crippen LogP contribution in [0.25, 0.3) is 0 Å². The zero-order valence-corrected chi connectivity index (χ0v) is 13.9. The SMILES string of the molecule is COc1ccc(CN2CCN(C3CCNC3)CC2)cc1O.Cl. The summed E-state index contributed by atoms with van der Waals surface area (Å²) in [5, 5.41) is 13.3. The first-order valence-electron chi connectivity index (χ1n) is 7.79. The summed E-state index contributed by atoms with van der Waals surface area (Å²) in [7, 11) is 1.58. The van der Waals surface area contributed by atoms with Crippen molar-refractivity contribution in [2.75, 3.05) is 46.4 Å². The number of benzene rings is 1. The van der Waals surface area contributed by atoms with E-state index in [1.807, 2.05) is 18.2 Å². The fraction of sp³-hybridized carbons (Fsp3) is 0.625. The third-order valence-corrected chi connectivity index (χ3v) is 4.61. The molecule has 0 saturated carbocycles. The van der Waals surface area contributed by atoms with Crippen LogP contribution in [0.5, 0.6) is 11.5 Å². The van der Waals surface area contributed by atoms with Crippen LogP contribution in [-0.4, -0.2) is 67.3 Å². The molecular weight excluding hydrogens is 302 g/mol. The molecule has 0 amide bonds. The average molecular weight is 328 g/mol. The van der Waals surface area contributed by atoms with Crippen molar-refractivity contribution in [1.82, 2.24) is 15.1 Å². The second-order valence-electron chi connectivity index (χ2n) is 5.96. The number of phenolic OH excluding ortho intramolecular Hbond substituents is 1. The number of ether oxygens (including phenoxy) is 1. The summed E-state index contributed by atoms with van der Waals surface area (Å²) < 4.78 is 5.08. The number of rotatable bonds is 4. The highest BCUT2D eigenvalue weighted by Gasteiger charge is 2.25. The molecule has 5 nitrogen and oxygen atoms in total. The summed E-state index contributed by atoms with van der Waals surface area (Å²) in [5.41, 5.74) is 1.14. The number of piperazine rings is 1. The van der Waals surface area contributed by atoms with Crippen LogP contribution >= 0.6 is 12.4 Å². The van der Waals surface area contributed by atoms with Gasteiger partial charge in [-0.05, 0) is 30.7 Å². The topological polar surface area (TPSA) is 48.0 Å². The molecule has 0 aromatic heterocycles. The summed E-state index contributed by atoms with van der Waals surface area (Å²) >= 11 is 0. The molecule has 2 N–H and O–H groups in total. The number of nitrogens with one attached hydrogen (secondary N) is 1. The lowest BCUT2D eigenvalue weighted by molar-refractivity contribution is 0.0981. The van der Waals surface area contributed by atoms with E-state index in [-0.39, 0.29) is 18.2 Å². The molecule has 0 bridgehead atoms. The van der Waals surface area contributed by atoms with Gasteiger partial charge in [0.15, 0.2) is 11.5 Å². The van der Waals surface area contributed by atoms with E-state index in [1.165, 1.54) is 6.42 Å². The molecule has 2 aliphatic rings. The molecule has 1 aromatic rings. The number of halogens is 1. The normalized spacial score (nSPS) is 23.2. The van der Waals surface area contributed by atoms with Crippen LogP contribution in [0.4, 0.5) is 0 Å². The molecule has 124 valence electrons. The van der Waals surface area contributed by atoms with E-state index >= 15 is 0 Å². The molecule has 2 fully saturated rings. The molecule has 1 unspecified atom stereocenters. The number of hydrogen-bond donors (Lipinski definition) is 2. The Hall–Kier alpha value is -1.01. The van der Waals surface area contributed by atoms with Crippen molar-refractivity contribution in [3.63, 3.8) is 0 Å². The second kappa shape index (κ2) is 8.02. The monoisotopic (exact) mass is 327 g/mol. The third-order valence-electron chi connectivity index (χ3n) is 4.61. The van der Waals surface area contributed by atoms with Crippen molar-refractivity contribution >= 4 is 12.4 Å². The lowest BCUT2D eigenvalue weighted by Gasteiger charge is -2.37. The van der Waals surface area contributed by atoms with E-state index in [0.29, 0.717) is 5.75 Å². The van der Waals surface area contributed by atoms with E-state index in [0.717, 1.165) is 57.4 Å². The van der Waals surface area contributed by atoms with Crippen LogP contribution < -0.4 is 10.1 Å². The van der Waals surface area contributed by atoms with Gasteiger partial charge in [-0.3, -0.25) is 9.80 Å². The zero-order valence-electron chi connectivity index (χ0n) is 13.1. The molecule has 6 heteroatoms. The van der Waals surface area contributed by atoms with Crippen molar-refractivity contribution < 1.29 is 9.84 Å². The first-order chi connectivity index (χ1) is 10.3. The van der Waals surface area contributed by atoms with Gasteiger partial charge >= 0.3 is 0 Å². The van der Waals surface area contributed by atoms with Gasteiger partial charge in [-0.1, -0.05) is 6.07 Å². The summed E-state index contributed by atoms with van der Waals surface area (Å²) in [6.07, 6.45) is 1.28. The van der Waals surface area contributed by atoms with Gasteiger partial charge in [-0.2, -0.15) is 0 Å². The van der Waals surface area contributed by atoms with Gasteiger partial charge in [0.1, 0.15) is 0 Å². The van der Waals surface area contributed by atoms with E-state index in [4.69, 9.17) is 4.74 Å². The van der Waals surface area contributed by atoms with Gasteiger partial charge in [0.05, 0.1) is 7.11 Å². The van der Waals surface area contributed by atoms with Crippen LogP contribution in [0.3, 0.4) is 0 Å². The van der Waals surface area contributed by atoms with Crippen LogP contribution in [0.15, 0.2) is 18.2 Å². The Morgan fingerprint density at radius 1 is 1.27 bits per heavy atom. The number of nitrogens with zero attached hydrogens (tertiary/aromatic N) is 2. The third kappa shape index (κ3) is 4.04. The minimum atomic E-state index is 0. The first-order valence-corrected chi connectivity index (χ1v) is 7.79. The highest BCUT2D eigenvalue weighted by atomic mass is 35.5. The molecule has 0 spiro atoms. The smallest absolute Gasteiger partial charge is 0.160 e. The summed E-state index contributed by atoms with van der Waals surface area (Å²) in [4.78, 5) is 5.07. The molecule has 2 saturated heterocycles. The molecule has 22 heavy (non-hydrogen) atoms. The van der Waals surface area contributed by atoms with E-state index < -0.39 is 0 Å². The fourth-order valence-corrected chi connectivity index (χ4v) is 3.33. The van der Waals surface area contributed by atoms with Crippen LogP contribution in [0, 0.1) is 0 Å². The molecule has 1 aromatic carbocycles. The number of methoxy groups -OCH3 is 1. The van der Waals surface area contributed by atoms with Crippen molar-refractivity contribution in [1.29, 1.82) is 0 Å².